The molecule has 0 aromatic rings. The second-order valence-electron chi connectivity index (χ2n) is 6.92. The number of aliphatic hydroxyl groups is 3. The Hall–Kier alpha value is -1.73. The predicted molar refractivity (Wildman–Crippen MR) is 109 cm³/mol. The van der Waals surface area contributed by atoms with Crippen molar-refractivity contribution in [2.75, 3.05) is 0 Å². The summed E-state index contributed by atoms with van der Waals surface area (Å²) in [6, 6.07) is 0. The minimum Gasteiger partial charge on any atom is -0.481 e. The molecule has 1 aliphatic heterocycles. The van der Waals surface area contributed by atoms with E-state index in [1.807, 2.05) is 43.4 Å². The van der Waals surface area contributed by atoms with Crippen LogP contribution in [0.15, 0.2) is 48.6 Å². The number of carboxylic acids is 1. The smallest absolute Gasteiger partial charge is 0.303 e. The van der Waals surface area contributed by atoms with Crippen molar-refractivity contribution in [1.29, 1.82) is 0 Å². The molecular formula is C22H34O6. The van der Waals surface area contributed by atoms with E-state index in [0.29, 0.717) is 25.7 Å². The first-order valence-corrected chi connectivity index (χ1v) is 9.98. The molecule has 0 bridgehead atoms. The van der Waals surface area contributed by atoms with Gasteiger partial charge in [-0.15, -0.1) is 0 Å². The van der Waals surface area contributed by atoms with Gasteiger partial charge in [0, 0.05) is 12.8 Å². The molecule has 1 aliphatic rings. The first-order valence-electron chi connectivity index (χ1n) is 9.98. The van der Waals surface area contributed by atoms with Gasteiger partial charge in [0.2, 0.25) is 0 Å². The number of ether oxygens (including phenoxy) is 1. The summed E-state index contributed by atoms with van der Waals surface area (Å²) in [5, 5.41) is 38.4. The Balaban J connectivity index is 2.16. The molecule has 6 heteroatoms. The zero-order chi connectivity index (χ0) is 20.8. The largest absolute Gasteiger partial charge is 0.481 e. The summed E-state index contributed by atoms with van der Waals surface area (Å²) in [7, 11) is 0. The normalized spacial score (nSPS) is 25.5. The lowest BCUT2D eigenvalue weighted by atomic mass is 10.1. The summed E-state index contributed by atoms with van der Waals surface area (Å²) in [4.78, 5) is 10.3. The lowest BCUT2D eigenvalue weighted by Crippen LogP contribution is -2.24. The number of carbonyl (C=O) groups is 1. The first-order chi connectivity index (χ1) is 13.4. The zero-order valence-electron chi connectivity index (χ0n) is 16.6. The third-order valence-electron chi connectivity index (χ3n) is 4.51. The van der Waals surface area contributed by atoms with Gasteiger partial charge in [-0.3, -0.25) is 4.79 Å². The molecule has 0 aromatic heterocycles. The molecule has 0 amide bonds. The fourth-order valence-electron chi connectivity index (χ4n) is 2.90. The number of hydrogen-bond acceptors (Lipinski definition) is 5. The van der Waals surface area contributed by atoms with Gasteiger partial charge in [-0.1, -0.05) is 55.5 Å². The topological polar surface area (TPSA) is 107 Å². The van der Waals surface area contributed by atoms with E-state index in [9.17, 15) is 20.1 Å². The van der Waals surface area contributed by atoms with Crippen LogP contribution in [0.5, 0.6) is 0 Å². The van der Waals surface area contributed by atoms with Gasteiger partial charge in [-0.05, 0) is 32.1 Å². The average molecular weight is 395 g/mol. The van der Waals surface area contributed by atoms with E-state index in [-0.39, 0.29) is 12.5 Å². The van der Waals surface area contributed by atoms with Crippen LogP contribution in [0.1, 0.15) is 51.9 Å². The molecule has 0 spiro atoms. The Labute approximate surface area is 167 Å². The maximum absolute atomic E-state index is 10.3. The average Bonchev–Trinajstić information content (AvgIpc) is 3.04. The molecule has 0 saturated carbocycles. The van der Waals surface area contributed by atoms with Gasteiger partial charge in [0.05, 0.1) is 30.5 Å². The highest BCUT2D eigenvalue weighted by atomic mass is 16.5. The highest BCUT2D eigenvalue weighted by Gasteiger charge is 2.35. The van der Waals surface area contributed by atoms with E-state index >= 15 is 0 Å². The number of aliphatic carboxylic acids is 1. The van der Waals surface area contributed by atoms with Crippen molar-refractivity contribution in [2.24, 2.45) is 0 Å². The van der Waals surface area contributed by atoms with Crippen LogP contribution < -0.4 is 0 Å². The van der Waals surface area contributed by atoms with E-state index in [2.05, 4.69) is 0 Å². The Bertz CT molecular complexity index is 551. The van der Waals surface area contributed by atoms with Crippen LogP contribution in [0.3, 0.4) is 0 Å². The number of aliphatic hydroxyl groups excluding tert-OH is 3. The van der Waals surface area contributed by atoms with E-state index in [1.54, 1.807) is 6.08 Å². The molecule has 1 saturated heterocycles. The van der Waals surface area contributed by atoms with Crippen LogP contribution in [-0.2, 0) is 9.53 Å². The molecule has 28 heavy (non-hydrogen) atoms. The van der Waals surface area contributed by atoms with Crippen LogP contribution >= 0.6 is 0 Å². The Kier molecular flexibility index (Phi) is 12.4. The maximum atomic E-state index is 10.3. The fraction of sp³-hybridized carbons (Fsp3) is 0.591. The van der Waals surface area contributed by atoms with Gasteiger partial charge in [-0.25, -0.2) is 0 Å². The molecule has 5 atom stereocenters. The monoisotopic (exact) mass is 394 g/mol. The molecule has 1 rings (SSSR count). The van der Waals surface area contributed by atoms with Gasteiger partial charge in [0.1, 0.15) is 0 Å². The quantitative estimate of drug-likeness (QED) is 0.358. The van der Waals surface area contributed by atoms with Crippen molar-refractivity contribution in [2.45, 2.75) is 82.4 Å². The summed E-state index contributed by atoms with van der Waals surface area (Å²) in [6.07, 6.45) is 15.9. The highest BCUT2D eigenvalue weighted by molar-refractivity contribution is 5.66. The van der Waals surface area contributed by atoms with Gasteiger partial charge in [0.15, 0.2) is 0 Å². The SMILES string of the molecule is CC[C@@H]1O[C@H]([C@H](O)/C=C/[C@@H](O)C/C=C\C/C=C\C/C=C\CCC(=O)O)C[C@@H]1O. The van der Waals surface area contributed by atoms with Gasteiger partial charge in [0.25, 0.3) is 0 Å². The molecule has 0 unspecified atom stereocenters. The standard InChI is InChI=1S/C22H34O6/c1-2-20-19(25)16-21(28-20)18(24)15-14-17(23)12-10-8-6-4-3-5-7-9-11-13-22(26)27/h3-4,7-10,14-15,17-21,23-25H,2,5-6,11-13,16H2,1H3,(H,26,27)/b4-3-,9-7-,10-8-,15-14+/t17-,18+,19-,20-,21-/m0/s1. The zero-order valence-corrected chi connectivity index (χ0v) is 16.6. The maximum Gasteiger partial charge on any atom is 0.303 e. The summed E-state index contributed by atoms with van der Waals surface area (Å²) in [5.74, 6) is -0.785. The van der Waals surface area contributed by atoms with Crippen molar-refractivity contribution in [3.63, 3.8) is 0 Å². The van der Waals surface area contributed by atoms with Crippen LogP contribution in [0.2, 0.25) is 0 Å². The molecular weight excluding hydrogens is 360 g/mol. The predicted octanol–water partition coefficient (Wildman–Crippen LogP) is 2.90. The van der Waals surface area contributed by atoms with Crippen molar-refractivity contribution in [3.05, 3.63) is 48.6 Å². The van der Waals surface area contributed by atoms with Crippen molar-refractivity contribution >= 4 is 5.97 Å². The summed E-state index contributed by atoms with van der Waals surface area (Å²) in [5.41, 5.74) is 0. The molecule has 158 valence electrons. The summed E-state index contributed by atoms with van der Waals surface area (Å²) < 4.78 is 5.61. The van der Waals surface area contributed by atoms with E-state index in [1.165, 1.54) is 6.08 Å². The minimum absolute atomic E-state index is 0.158. The lowest BCUT2D eigenvalue weighted by molar-refractivity contribution is -0.136. The molecule has 4 N–H and O–H groups in total. The van der Waals surface area contributed by atoms with Crippen LogP contribution in [0.25, 0.3) is 0 Å². The number of rotatable bonds is 13. The molecule has 1 heterocycles. The highest BCUT2D eigenvalue weighted by Crippen LogP contribution is 2.25. The van der Waals surface area contributed by atoms with E-state index in [0.717, 1.165) is 12.8 Å². The number of hydrogen-bond donors (Lipinski definition) is 4. The van der Waals surface area contributed by atoms with Gasteiger partial charge in [-0.2, -0.15) is 0 Å². The van der Waals surface area contributed by atoms with E-state index < -0.39 is 30.4 Å². The molecule has 1 fully saturated rings. The third kappa shape index (κ3) is 10.6. The number of carboxylic acid groups (broad SMARTS) is 1. The van der Waals surface area contributed by atoms with Gasteiger partial charge >= 0.3 is 5.97 Å². The minimum atomic E-state index is -0.837. The Morgan fingerprint density at radius 3 is 2.32 bits per heavy atom. The lowest BCUT2D eigenvalue weighted by Gasteiger charge is -2.16. The van der Waals surface area contributed by atoms with Crippen molar-refractivity contribution in [1.82, 2.24) is 0 Å². The summed E-state index contributed by atoms with van der Waals surface area (Å²) in [6.45, 7) is 1.93. The molecule has 0 aliphatic carbocycles. The second kappa shape index (κ2) is 14.3. The Morgan fingerprint density at radius 2 is 1.71 bits per heavy atom. The van der Waals surface area contributed by atoms with Crippen LogP contribution in [-0.4, -0.2) is 56.9 Å². The van der Waals surface area contributed by atoms with Crippen molar-refractivity contribution < 1.29 is 30.0 Å². The molecule has 6 nitrogen and oxygen atoms in total. The van der Waals surface area contributed by atoms with E-state index in [4.69, 9.17) is 9.84 Å². The van der Waals surface area contributed by atoms with Crippen molar-refractivity contribution in [3.8, 4) is 0 Å². The summed E-state index contributed by atoms with van der Waals surface area (Å²) >= 11 is 0. The third-order valence-corrected chi connectivity index (χ3v) is 4.51. The van der Waals surface area contributed by atoms with Crippen LogP contribution in [0.4, 0.5) is 0 Å². The Morgan fingerprint density at radius 1 is 1.07 bits per heavy atom. The fourth-order valence-corrected chi connectivity index (χ4v) is 2.90. The number of allylic oxidation sites excluding steroid dienone is 5. The molecule has 0 aromatic carbocycles. The van der Waals surface area contributed by atoms with Gasteiger partial charge < -0.3 is 25.2 Å². The molecule has 0 radical (unpaired) electrons. The second-order valence-corrected chi connectivity index (χ2v) is 6.92. The first kappa shape index (κ1) is 24.3. The van der Waals surface area contributed by atoms with Crippen LogP contribution in [0, 0.1) is 0 Å².